The molecule has 0 aliphatic rings. The molecular formula is C8H5BrFN3. The second kappa shape index (κ2) is 2.92. The highest BCUT2D eigenvalue weighted by molar-refractivity contribution is 9.10. The average molecular weight is 242 g/mol. The predicted octanol–water partition coefficient (Wildman–Crippen LogP) is 2.11. The van der Waals surface area contributed by atoms with Crippen molar-refractivity contribution in [1.82, 2.24) is 9.97 Å². The molecule has 0 bridgehead atoms. The highest BCUT2D eigenvalue weighted by Crippen LogP contribution is 2.22. The molecule has 0 aliphatic carbocycles. The standard InChI is InChI=1S/C8H5BrFN3/c9-8-12-5-3-1-2-4(10)6(5)7(11)13-8/h1-3H,(H2,11,12,13). The number of anilines is 1. The van der Waals surface area contributed by atoms with E-state index in [-0.39, 0.29) is 11.2 Å². The molecule has 0 amide bonds. The van der Waals surface area contributed by atoms with E-state index in [2.05, 4.69) is 25.9 Å². The minimum Gasteiger partial charge on any atom is -0.383 e. The van der Waals surface area contributed by atoms with Crippen LogP contribution in [0.2, 0.25) is 0 Å². The Morgan fingerprint density at radius 1 is 1.31 bits per heavy atom. The summed E-state index contributed by atoms with van der Waals surface area (Å²) >= 11 is 3.08. The molecule has 0 saturated heterocycles. The van der Waals surface area contributed by atoms with E-state index in [1.807, 2.05) is 0 Å². The molecule has 1 aromatic carbocycles. The van der Waals surface area contributed by atoms with Gasteiger partial charge in [0, 0.05) is 0 Å². The second-order valence-electron chi connectivity index (χ2n) is 2.51. The van der Waals surface area contributed by atoms with Gasteiger partial charge in [0.25, 0.3) is 0 Å². The number of nitrogen functional groups attached to an aromatic ring is 1. The monoisotopic (exact) mass is 241 g/mol. The molecule has 13 heavy (non-hydrogen) atoms. The van der Waals surface area contributed by atoms with Crippen LogP contribution >= 0.6 is 15.9 Å². The van der Waals surface area contributed by atoms with Crippen LogP contribution < -0.4 is 5.73 Å². The van der Waals surface area contributed by atoms with Crippen molar-refractivity contribution in [3.05, 3.63) is 28.7 Å². The van der Waals surface area contributed by atoms with Crippen LogP contribution in [0, 0.1) is 5.82 Å². The zero-order chi connectivity index (χ0) is 9.42. The van der Waals surface area contributed by atoms with E-state index in [0.29, 0.717) is 10.3 Å². The van der Waals surface area contributed by atoms with Gasteiger partial charge in [-0.25, -0.2) is 14.4 Å². The molecular weight excluding hydrogens is 237 g/mol. The largest absolute Gasteiger partial charge is 0.383 e. The number of rotatable bonds is 0. The molecule has 2 N–H and O–H groups in total. The van der Waals surface area contributed by atoms with E-state index in [1.165, 1.54) is 6.07 Å². The van der Waals surface area contributed by atoms with Gasteiger partial charge in [0.15, 0.2) is 4.73 Å². The molecule has 5 heteroatoms. The van der Waals surface area contributed by atoms with Gasteiger partial charge in [0.2, 0.25) is 0 Å². The van der Waals surface area contributed by atoms with Gasteiger partial charge in [-0.2, -0.15) is 0 Å². The summed E-state index contributed by atoms with van der Waals surface area (Å²) in [7, 11) is 0. The van der Waals surface area contributed by atoms with E-state index in [9.17, 15) is 4.39 Å². The maximum absolute atomic E-state index is 13.2. The first-order chi connectivity index (χ1) is 6.18. The smallest absolute Gasteiger partial charge is 0.199 e. The van der Waals surface area contributed by atoms with Crippen molar-refractivity contribution in [2.24, 2.45) is 0 Å². The Balaban J connectivity index is 2.94. The van der Waals surface area contributed by atoms with Crippen LogP contribution in [0.5, 0.6) is 0 Å². The third-order valence-electron chi connectivity index (χ3n) is 1.67. The number of benzene rings is 1. The third-order valence-corrected chi connectivity index (χ3v) is 2.03. The van der Waals surface area contributed by atoms with Crippen molar-refractivity contribution in [2.45, 2.75) is 0 Å². The molecule has 1 aromatic heterocycles. The van der Waals surface area contributed by atoms with Crippen LogP contribution in [0.4, 0.5) is 10.2 Å². The fourth-order valence-electron chi connectivity index (χ4n) is 1.14. The van der Waals surface area contributed by atoms with Gasteiger partial charge in [0.1, 0.15) is 11.6 Å². The highest BCUT2D eigenvalue weighted by atomic mass is 79.9. The Labute approximate surface area is 81.9 Å². The van der Waals surface area contributed by atoms with Gasteiger partial charge in [-0.05, 0) is 28.1 Å². The van der Waals surface area contributed by atoms with Crippen LogP contribution in [0.1, 0.15) is 0 Å². The van der Waals surface area contributed by atoms with Crippen molar-refractivity contribution in [3.8, 4) is 0 Å². The lowest BCUT2D eigenvalue weighted by molar-refractivity contribution is 0.639. The summed E-state index contributed by atoms with van der Waals surface area (Å²) in [6.45, 7) is 0. The number of fused-ring (bicyclic) bond motifs is 1. The van der Waals surface area contributed by atoms with Gasteiger partial charge in [0.05, 0.1) is 10.9 Å². The predicted molar refractivity (Wildman–Crippen MR) is 51.6 cm³/mol. The van der Waals surface area contributed by atoms with E-state index >= 15 is 0 Å². The van der Waals surface area contributed by atoms with E-state index in [1.54, 1.807) is 12.1 Å². The Morgan fingerprint density at radius 2 is 2.08 bits per heavy atom. The zero-order valence-corrected chi connectivity index (χ0v) is 8.05. The van der Waals surface area contributed by atoms with Crippen LogP contribution in [-0.4, -0.2) is 9.97 Å². The van der Waals surface area contributed by atoms with Crippen LogP contribution in [0.15, 0.2) is 22.9 Å². The summed E-state index contributed by atoms with van der Waals surface area (Å²) in [6.07, 6.45) is 0. The van der Waals surface area contributed by atoms with E-state index in [0.717, 1.165) is 0 Å². The minimum atomic E-state index is -0.400. The number of hydrogen-bond donors (Lipinski definition) is 1. The molecule has 1 heterocycles. The van der Waals surface area contributed by atoms with Crippen molar-refractivity contribution in [3.63, 3.8) is 0 Å². The summed E-state index contributed by atoms with van der Waals surface area (Å²) in [5.41, 5.74) is 6.04. The maximum atomic E-state index is 13.2. The molecule has 0 radical (unpaired) electrons. The lowest BCUT2D eigenvalue weighted by Crippen LogP contribution is -1.96. The molecule has 0 unspecified atom stereocenters. The highest BCUT2D eigenvalue weighted by Gasteiger charge is 2.07. The summed E-state index contributed by atoms with van der Waals surface area (Å²) < 4.78 is 13.6. The van der Waals surface area contributed by atoms with Crippen LogP contribution in [-0.2, 0) is 0 Å². The molecule has 66 valence electrons. The second-order valence-corrected chi connectivity index (χ2v) is 3.22. The fraction of sp³-hybridized carbons (Fsp3) is 0. The molecule has 0 fully saturated rings. The quantitative estimate of drug-likeness (QED) is 0.720. The molecule has 2 rings (SSSR count). The van der Waals surface area contributed by atoms with Crippen molar-refractivity contribution in [1.29, 1.82) is 0 Å². The van der Waals surface area contributed by atoms with E-state index < -0.39 is 5.82 Å². The van der Waals surface area contributed by atoms with Gasteiger partial charge in [-0.3, -0.25) is 0 Å². The maximum Gasteiger partial charge on any atom is 0.199 e. The molecule has 0 saturated carbocycles. The molecule has 3 nitrogen and oxygen atoms in total. The molecule has 2 aromatic rings. The normalized spacial score (nSPS) is 10.6. The molecule has 0 spiro atoms. The van der Waals surface area contributed by atoms with Crippen molar-refractivity contribution >= 4 is 32.7 Å². The number of nitrogens with two attached hydrogens (primary N) is 1. The number of aromatic nitrogens is 2. The van der Waals surface area contributed by atoms with Crippen LogP contribution in [0.25, 0.3) is 10.9 Å². The van der Waals surface area contributed by atoms with Gasteiger partial charge >= 0.3 is 0 Å². The zero-order valence-electron chi connectivity index (χ0n) is 6.46. The Morgan fingerprint density at radius 3 is 2.85 bits per heavy atom. The third kappa shape index (κ3) is 1.35. The molecule has 0 atom stereocenters. The number of nitrogens with zero attached hydrogens (tertiary/aromatic N) is 2. The van der Waals surface area contributed by atoms with Crippen molar-refractivity contribution in [2.75, 3.05) is 5.73 Å². The van der Waals surface area contributed by atoms with Gasteiger partial charge < -0.3 is 5.73 Å². The Bertz CT molecular complexity index is 472. The average Bonchev–Trinajstić information content (AvgIpc) is 2.02. The SMILES string of the molecule is Nc1nc(Br)nc2cccc(F)c12. The molecule has 0 aliphatic heterocycles. The Kier molecular flexibility index (Phi) is 1.88. The first-order valence-corrected chi connectivity index (χ1v) is 4.35. The minimum absolute atomic E-state index is 0.148. The first kappa shape index (κ1) is 8.37. The fourth-order valence-corrected chi connectivity index (χ4v) is 1.52. The topological polar surface area (TPSA) is 51.8 Å². The summed E-state index contributed by atoms with van der Waals surface area (Å²) in [6, 6.07) is 4.59. The van der Waals surface area contributed by atoms with E-state index in [4.69, 9.17) is 5.73 Å². The summed E-state index contributed by atoms with van der Waals surface area (Å²) in [5.74, 6) is -0.252. The number of halogens is 2. The first-order valence-electron chi connectivity index (χ1n) is 3.56. The Hall–Kier alpha value is -1.23. The summed E-state index contributed by atoms with van der Waals surface area (Å²) in [4.78, 5) is 7.79. The van der Waals surface area contributed by atoms with Gasteiger partial charge in [-0.15, -0.1) is 0 Å². The van der Waals surface area contributed by atoms with Crippen molar-refractivity contribution < 1.29 is 4.39 Å². The lowest BCUT2D eigenvalue weighted by atomic mass is 10.2. The lowest BCUT2D eigenvalue weighted by Gasteiger charge is -2.01. The van der Waals surface area contributed by atoms with Crippen LogP contribution in [0.3, 0.4) is 0 Å². The van der Waals surface area contributed by atoms with Gasteiger partial charge in [-0.1, -0.05) is 6.07 Å². The summed E-state index contributed by atoms with van der Waals surface area (Å²) in [5, 5.41) is 0.269. The number of hydrogen-bond acceptors (Lipinski definition) is 3.